The number of rotatable bonds is 8. The molecule has 0 spiro atoms. The van der Waals surface area contributed by atoms with Crippen LogP contribution in [0, 0.1) is 0 Å². The van der Waals surface area contributed by atoms with Crippen LogP contribution in [0.2, 0.25) is 0 Å². The van der Waals surface area contributed by atoms with E-state index in [1.807, 2.05) is 37.3 Å². The third kappa shape index (κ3) is 5.11. The Balaban J connectivity index is 1.78. The highest BCUT2D eigenvalue weighted by Gasteiger charge is 2.46. The summed E-state index contributed by atoms with van der Waals surface area (Å²) in [6, 6.07) is 17.7. The van der Waals surface area contributed by atoms with Gasteiger partial charge in [0.1, 0.15) is 11.5 Å². The van der Waals surface area contributed by atoms with E-state index in [1.54, 1.807) is 42.7 Å². The lowest BCUT2D eigenvalue weighted by molar-refractivity contribution is -0.140. The smallest absolute Gasteiger partial charge is 0.295 e. The third-order valence-electron chi connectivity index (χ3n) is 6.14. The summed E-state index contributed by atoms with van der Waals surface area (Å²) in [5, 5.41) is 11.3. The van der Waals surface area contributed by atoms with Crippen LogP contribution in [0.3, 0.4) is 0 Å². The lowest BCUT2D eigenvalue weighted by atomic mass is 9.93. The van der Waals surface area contributed by atoms with Gasteiger partial charge in [-0.05, 0) is 59.4 Å². The molecule has 1 aliphatic rings. The molecule has 0 aliphatic carbocycles. The lowest BCUT2D eigenvalue weighted by Gasteiger charge is -2.25. The van der Waals surface area contributed by atoms with Gasteiger partial charge in [0.2, 0.25) is 0 Å². The van der Waals surface area contributed by atoms with E-state index in [4.69, 9.17) is 4.74 Å². The summed E-state index contributed by atoms with van der Waals surface area (Å²) < 4.78 is 5.62. The molecule has 1 fully saturated rings. The van der Waals surface area contributed by atoms with Gasteiger partial charge in [-0.25, -0.2) is 0 Å². The molecule has 2 heterocycles. The second-order valence-corrected chi connectivity index (χ2v) is 8.98. The van der Waals surface area contributed by atoms with E-state index in [0.29, 0.717) is 23.8 Å². The van der Waals surface area contributed by atoms with Crippen molar-refractivity contribution in [3.8, 4) is 5.75 Å². The minimum atomic E-state index is -0.715. The Morgan fingerprint density at radius 3 is 2.37 bits per heavy atom. The van der Waals surface area contributed by atoms with E-state index in [2.05, 4.69) is 18.8 Å². The van der Waals surface area contributed by atoms with Gasteiger partial charge >= 0.3 is 0 Å². The summed E-state index contributed by atoms with van der Waals surface area (Å²) >= 11 is 0. The Kier molecular flexibility index (Phi) is 7.30. The van der Waals surface area contributed by atoms with Crippen molar-refractivity contribution >= 4 is 17.4 Å². The predicted molar refractivity (Wildman–Crippen MR) is 135 cm³/mol. The zero-order chi connectivity index (χ0) is 24.9. The molecule has 4 rings (SSSR count). The quantitative estimate of drug-likeness (QED) is 0.263. The summed E-state index contributed by atoms with van der Waals surface area (Å²) in [6.07, 6.45) is 4.22. The fourth-order valence-electron chi connectivity index (χ4n) is 4.23. The van der Waals surface area contributed by atoms with Crippen LogP contribution in [-0.4, -0.2) is 33.3 Å². The molecule has 1 aromatic heterocycles. The monoisotopic (exact) mass is 470 g/mol. The number of carbonyl (C=O) groups excluding carboxylic acids is 2. The second-order valence-electron chi connectivity index (χ2n) is 8.98. The number of amides is 1. The second kappa shape index (κ2) is 10.6. The van der Waals surface area contributed by atoms with Crippen molar-refractivity contribution in [2.45, 2.75) is 45.7 Å². The topological polar surface area (TPSA) is 79.7 Å². The summed E-state index contributed by atoms with van der Waals surface area (Å²) in [4.78, 5) is 32.1. The Bertz CT molecular complexity index is 1220. The van der Waals surface area contributed by atoms with Crippen LogP contribution in [0.15, 0.2) is 78.6 Å². The van der Waals surface area contributed by atoms with Gasteiger partial charge in [-0.1, -0.05) is 51.1 Å². The number of ether oxygens (including phenoxy) is 1. The molecule has 6 heteroatoms. The van der Waals surface area contributed by atoms with E-state index < -0.39 is 17.7 Å². The first-order chi connectivity index (χ1) is 16.9. The number of Topliss-reactive ketones (excluding diaryl/α,β-unsaturated/α-hetero) is 1. The number of hydrogen-bond donors (Lipinski definition) is 1. The van der Waals surface area contributed by atoms with Gasteiger partial charge in [-0.3, -0.25) is 14.6 Å². The van der Waals surface area contributed by atoms with Crippen molar-refractivity contribution in [2.24, 2.45) is 0 Å². The number of aliphatic hydroxyl groups is 1. The molecule has 35 heavy (non-hydrogen) atoms. The highest BCUT2D eigenvalue weighted by atomic mass is 16.5. The molecule has 0 radical (unpaired) electrons. The van der Waals surface area contributed by atoms with Crippen LogP contribution in [0.1, 0.15) is 61.4 Å². The molecule has 0 bridgehead atoms. The maximum absolute atomic E-state index is 13.2. The first-order valence-corrected chi connectivity index (χ1v) is 11.9. The lowest BCUT2D eigenvalue weighted by Crippen LogP contribution is -2.29. The fraction of sp³-hybridized carbons (Fsp3) is 0.276. The third-order valence-corrected chi connectivity index (χ3v) is 6.14. The molecule has 1 amide bonds. The first kappa shape index (κ1) is 24.2. The molecule has 1 aliphatic heterocycles. The van der Waals surface area contributed by atoms with E-state index in [9.17, 15) is 14.7 Å². The first-order valence-electron chi connectivity index (χ1n) is 11.9. The Morgan fingerprint density at radius 1 is 1.06 bits per heavy atom. The molecule has 0 saturated carbocycles. The van der Waals surface area contributed by atoms with Gasteiger partial charge in [0, 0.05) is 24.5 Å². The van der Waals surface area contributed by atoms with Crippen molar-refractivity contribution in [2.75, 3.05) is 6.61 Å². The zero-order valence-corrected chi connectivity index (χ0v) is 20.3. The maximum Gasteiger partial charge on any atom is 0.295 e. The summed E-state index contributed by atoms with van der Waals surface area (Å²) in [5.41, 5.74) is 3.26. The van der Waals surface area contributed by atoms with E-state index >= 15 is 0 Å². The number of hydrogen-bond acceptors (Lipinski definition) is 5. The zero-order valence-electron chi connectivity index (χ0n) is 20.3. The molecular weight excluding hydrogens is 440 g/mol. The van der Waals surface area contributed by atoms with Gasteiger partial charge in [-0.2, -0.15) is 0 Å². The van der Waals surface area contributed by atoms with Crippen LogP contribution in [-0.2, 0) is 16.1 Å². The molecule has 2 aromatic carbocycles. The van der Waals surface area contributed by atoms with Crippen molar-refractivity contribution in [3.05, 3.63) is 101 Å². The molecular formula is C29H30N2O4. The highest BCUT2D eigenvalue weighted by Crippen LogP contribution is 2.40. The normalized spacial score (nSPS) is 17.3. The molecule has 1 N–H and O–H groups in total. The Hall–Kier alpha value is -3.93. The standard InChI is InChI=1S/C29H30N2O4/c1-4-16-35-24-13-11-23(12-14-24)27(32)25-26(22-9-7-21(8-10-22)19(2)3)31(29(34)28(25)33)18-20-6-5-15-30-17-20/h5-15,17,19,26,32H,4,16,18H2,1-3H3/b27-25+/t26-/m0/s1. The Morgan fingerprint density at radius 2 is 1.77 bits per heavy atom. The van der Waals surface area contributed by atoms with Gasteiger partial charge < -0.3 is 14.7 Å². The molecule has 1 saturated heterocycles. The minimum Gasteiger partial charge on any atom is -0.507 e. The SMILES string of the molecule is CCCOc1ccc(/C(O)=C2\C(=O)C(=O)N(Cc3cccnc3)[C@H]2c2ccc(C(C)C)cc2)cc1. The summed E-state index contributed by atoms with van der Waals surface area (Å²) in [7, 11) is 0. The number of aliphatic hydroxyl groups excluding tert-OH is 1. The van der Waals surface area contributed by atoms with Crippen molar-refractivity contribution in [1.29, 1.82) is 0 Å². The van der Waals surface area contributed by atoms with Gasteiger partial charge in [0.15, 0.2) is 0 Å². The average molecular weight is 471 g/mol. The number of carbonyl (C=O) groups is 2. The number of likely N-dealkylation sites (tertiary alicyclic amines) is 1. The number of benzene rings is 2. The minimum absolute atomic E-state index is 0.0819. The summed E-state index contributed by atoms with van der Waals surface area (Å²) in [6.45, 7) is 7.04. The van der Waals surface area contributed by atoms with E-state index in [0.717, 1.165) is 23.1 Å². The fourth-order valence-corrected chi connectivity index (χ4v) is 4.23. The number of aromatic nitrogens is 1. The van der Waals surface area contributed by atoms with E-state index in [1.165, 1.54) is 4.90 Å². The highest BCUT2D eigenvalue weighted by molar-refractivity contribution is 6.46. The van der Waals surface area contributed by atoms with Crippen LogP contribution in [0.5, 0.6) is 5.75 Å². The molecule has 180 valence electrons. The number of pyridine rings is 1. The van der Waals surface area contributed by atoms with Crippen molar-refractivity contribution in [1.82, 2.24) is 9.88 Å². The van der Waals surface area contributed by atoms with Crippen molar-refractivity contribution < 1.29 is 19.4 Å². The number of ketones is 1. The van der Waals surface area contributed by atoms with E-state index in [-0.39, 0.29) is 17.9 Å². The maximum atomic E-state index is 13.2. The largest absolute Gasteiger partial charge is 0.507 e. The van der Waals surface area contributed by atoms with Crippen LogP contribution >= 0.6 is 0 Å². The molecule has 3 aromatic rings. The van der Waals surface area contributed by atoms with Gasteiger partial charge in [0.25, 0.3) is 11.7 Å². The number of nitrogens with zero attached hydrogens (tertiary/aromatic N) is 2. The molecule has 1 atom stereocenters. The summed E-state index contributed by atoms with van der Waals surface area (Å²) in [5.74, 6) is -0.510. The molecule has 6 nitrogen and oxygen atoms in total. The predicted octanol–water partition coefficient (Wildman–Crippen LogP) is 5.62. The van der Waals surface area contributed by atoms with Gasteiger partial charge in [-0.15, -0.1) is 0 Å². The van der Waals surface area contributed by atoms with Crippen molar-refractivity contribution in [3.63, 3.8) is 0 Å². The van der Waals surface area contributed by atoms with Crippen LogP contribution < -0.4 is 4.74 Å². The van der Waals surface area contributed by atoms with Crippen LogP contribution in [0.4, 0.5) is 0 Å². The van der Waals surface area contributed by atoms with Crippen LogP contribution in [0.25, 0.3) is 5.76 Å². The molecule has 0 unspecified atom stereocenters. The van der Waals surface area contributed by atoms with Gasteiger partial charge in [0.05, 0.1) is 18.2 Å². The Labute approximate surface area is 205 Å². The average Bonchev–Trinajstić information content (AvgIpc) is 3.13.